The molecule has 0 radical (unpaired) electrons. The molecule has 0 saturated carbocycles. The number of aromatic nitrogens is 1. The van der Waals surface area contributed by atoms with Crippen LogP contribution < -0.4 is 4.74 Å². The predicted octanol–water partition coefficient (Wildman–Crippen LogP) is 4.35. The number of hydrogen-bond acceptors (Lipinski definition) is 5. The van der Waals surface area contributed by atoms with E-state index in [4.69, 9.17) is 4.74 Å². The SMILES string of the molecule is C[C@H](Oc1cccc(-c2ccc(S(C)(=O)=O)cc2)n1)c1cccs1. The molecule has 3 rings (SSSR count). The minimum atomic E-state index is -3.19. The van der Waals surface area contributed by atoms with E-state index in [1.807, 2.05) is 42.6 Å². The first-order valence-corrected chi connectivity index (χ1v) is 10.2. The summed E-state index contributed by atoms with van der Waals surface area (Å²) in [6, 6.07) is 16.3. The summed E-state index contributed by atoms with van der Waals surface area (Å²) >= 11 is 1.65. The zero-order chi connectivity index (χ0) is 17.2. The normalized spacial score (nSPS) is 12.8. The average molecular weight is 359 g/mol. The number of pyridine rings is 1. The Morgan fingerprint density at radius 2 is 1.79 bits per heavy atom. The maximum absolute atomic E-state index is 11.5. The van der Waals surface area contributed by atoms with E-state index < -0.39 is 9.84 Å². The molecule has 0 aliphatic rings. The van der Waals surface area contributed by atoms with Gasteiger partial charge in [-0.3, -0.25) is 0 Å². The minimum absolute atomic E-state index is 0.0691. The highest BCUT2D eigenvalue weighted by atomic mass is 32.2. The lowest BCUT2D eigenvalue weighted by atomic mass is 10.1. The molecule has 3 aromatic rings. The standard InChI is InChI=1S/C18H17NO3S2/c1-13(17-6-4-12-23-17)22-18-7-3-5-16(19-18)14-8-10-15(11-9-14)24(2,20)21/h3-13H,1-2H3/t13-/m0/s1. The second-order valence-corrected chi connectivity index (χ2v) is 8.43. The van der Waals surface area contributed by atoms with Crippen molar-refractivity contribution in [2.75, 3.05) is 6.26 Å². The molecule has 2 heterocycles. The maximum Gasteiger partial charge on any atom is 0.214 e. The van der Waals surface area contributed by atoms with Crippen molar-refractivity contribution in [1.29, 1.82) is 0 Å². The van der Waals surface area contributed by atoms with Gasteiger partial charge in [-0.2, -0.15) is 0 Å². The summed E-state index contributed by atoms with van der Waals surface area (Å²) in [7, 11) is -3.19. The molecule has 1 atom stereocenters. The highest BCUT2D eigenvalue weighted by Crippen LogP contribution is 2.26. The number of nitrogens with zero attached hydrogens (tertiary/aromatic N) is 1. The van der Waals surface area contributed by atoms with Crippen LogP contribution in [0.2, 0.25) is 0 Å². The van der Waals surface area contributed by atoms with E-state index >= 15 is 0 Å². The van der Waals surface area contributed by atoms with Crippen LogP contribution in [-0.4, -0.2) is 19.7 Å². The summed E-state index contributed by atoms with van der Waals surface area (Å²) in [5, 5.41) is 2.02. The molecule has 0 aliphatic heterocycles. The smallest absolute Gasteiger partial charge is 0.214 e. The van der Waals surface area contributed by atoms with Gasteiger partial charge in [0.1, 0.15) is 6.10 Å². The van der Waals surface area contributed by atoms with E-state index in [0.29, 0.717) is 10.8 Å². The third-order valence-electron chi connectivity index (χ3n) is 3.54. The zero-order valence-corrected chi connectivity index (χ0v) is 15.0. The lowest BCUT2D eigenvalue weighted by molar-refractivity contribution is 0.221. The van der Waals surface area contributed by atoms with Crippen LogP contribution in [0.25, 0.3) is 11.3 Å². The fourth-order valence-corrected chi connectivity index (χ4v) is 3.62. The highest BCUT2D eigenvalue weighted by molar-refractivity contribution is 7.90. The number of ether oxygens (including phenoxy) is 1. The molecule has 4 nitrogen and oxygen atoms in total. The van der Waals surface area contributed by atoms with Crippen molar-refractivity contribution in [3.05, 3.63) is 64.9 Å². The van der Waals surface area contributed by atoms with Crippen molar-refractivity contribution in [3.63, 3.8) is 0 Å². The largest absolute Gasteiger partial charge is 0.469 e. The van der Waals surface area contributed by atoms with Crippen LogP contribution in [0.4, 0.5) is 0 Å². The zero-order valence-electron chi connectivity index (χ0n) is 13.3. The number of thiophene rings is 1. The second kappa shape index (κ2) is 6.75. The van der Waals surface area contributed by atoms with Gasteiger partial charge in [-0.25, -0.2) is 13.4 Å². The van der Waals surface area contributed by atoms with Crippen LogP contribution in [-0.2, 0) is 9.84 Å². The summed E-state index contributed by atoms with van der Waals surface area (Å²) in [5.74, 6) is 0.542. The first-order valence-electron chi connectivity index (χ1n) is 7.41. The Bertz CT molecular complexity index is 917. The van der Waals surface area contributed by atoms with Gasteiger partial charge in [0.05, 0.1) is 10.6 Å². The second-order valence-electron chi connectivity index (χ2n) is 5.43. The van der Waals surface area contributed by atoms with Crippen molar-refractivity contribution in [2.45, 2.75) is 17.9 Å². The monoisotopic (exact) mass is 359 g/mol. The van der Waals surface area contributed by atoms with Crippen molar-refractivity contribution >= 4 is 21.2 Å². The molecule has 24 heavy (non-hydrogen) atoms. The van der Waals surface area contributed by atoms with Crippen LogP contribution in [0.15, 0.2) is 64.9 Å². The first kappa shape index (κ1) is 16.7. The van der Waals surface area contributed by atoms with Crippen LogP contribution in [0.5, 0.6) is 5.88 Å². The summed E-state index contributed by atoms with van der Waals surface area (Å²) in [4.78, 5) is 5.95. The predicted molar refractivity (Wildman–Crippen MR) is 96.1 cm³/mol. The Morgan fingerprint density at radius 1 is 1.04 bits per heavy atom. The van der Waals surface area contributed by atoms with Gasteiger partial charge in [0, 0.05) is 22.8 Å². The summed E-state index contributed by atoms with van der Waals surface area (Å²) in [5.41, 5.74) is 1.59. The van der Waals surface area contributed by atoms with E-state index in [1.165, 1.54) is 6.26 Å². The number of hydrogen-bond donors (Lipinski definition) is 0. The van der Waals surface area contributed by atoms with Gasteiger partial charge in [0.15, 0.2) is 9.84 Å². The highest BCUT2D eigenvalue weighted by Gasteiger charge is 2.11. The molecule has 0 spiro atoms. The fourth-order valence-electron chi connectivity index (χ4n) is 2.28. The number of benzene rings is 1. The Kier molecular flexibility index (Phi) is 4.69. The van der Waals surface area contributed by atoms with Crippen LogP contribution in [0, 0.1) is 0 Å². The topological polar surface area (TPSA) is 56.3 Å². The first-order chi connectivity index (χ1) is 11.4. The lowest BCUT2D eigenvalue weighted by Crippen LogP contribution is -2.02. The molecular weight excluding hydrogens is 342 g/mol. The molecule has 0 N–H and O–H groups in total. The molecule has 1 aromatic carbocycles. The molecular formula is C18H17NO3S2. The van der Waals surface area contributed by atoms with Crippen molar-refractivity contribution in [1.82, 2.24) is 4.98 Å². The quantitative estimate of drug-likeness (QED) is 0.679. The molecule has 0 unspecified atom stereocenters. The Morgan fingerprint density at radius 3 is 2.42 bits per heavy atom. The average Bonchev–Trinajstić information content (AvgIpc) is 3.09. The van der Waals surface area contributed by atoms with E-state index in [2.05, 4.69) is 4.98 Å². The van der Waals surface area contributed by atoms with Gasteiger partial charge in [-0.1, -0.05) is 24.3 Å². The molecule has 6 heteroatoms. The molecule has 0 fully saturated rings. The van der Waals surface area contributed by atoms with Gasteiger partial charge >= 0.3 is 0 Å². The minimum Gasteiger partial charge on any atom is -0.469 e. The third-order valence-corrected chi connectivity index (χ3v) is 5.71. The van der Waals surface area contributed by atoms with E-state index in [-0.39, 0.29) is 6.10 Å². The fraction of sp³-hybridized carbons (Fsp3) is 0.167. The Labute approximate surface area is 145 Å². The van der Waals surface area contributed by atoms with Crippen molar-refractivity contribution in [2.24, 2.45) is 0 Å². The third kappa shape index (κ3) is 3.83. The van der Waals surface area contributed by atoms with E-state index in [9.17, 15) is 8.42 Å². The summed E-state index contributed by atoms with van der Waals surface area (Å²) < 4.78 is 29.0. The lowest BCUT2D eigenvalue weighted by Gasteiger charge is -2.13. The molecule has 0 saturated heterocycles. The molecule has 124 valence electrons. The van der Waals surface area contributed by atoms with E-state index in [1.54, 1.807) is 35.6 Å². The molecule has 0 aliphatic carbocycles. The Balaban J connectivity index is 1.82. The van der Waals surface area contributed by atoms with Gasteiger partial charge in [-0.05, 0) is 36.6 Å². The molecule has 0 bridgehead atoms. The van der Waals surface area contributed by atoms with Gasteiger partial charge in [0.2, 0.25) is 5.88 Å². The maximum atomic E-state index is 11.5. The van der Waals surface area contributed by atoms with E-state index in [0.717, 1.165) is 16.1 Å². The Hall–Kier alpha value is -2.18. The van der Waals surface area contributed by atoms with Crippen molar-refractivity contribution < 1.29 is 13.2 Å². The van der Waals surface area contributed by atoms with Gasteiger partial charge < -0.3 is 4.74 Å². The summed E-state index contributed by atoms with van der Waals surface area (Å²) in [6.07, 6.45) is 1.13. The molecule has 2 aromatic heterocycles. The number of sulfone groups is 1. The summed E-state index contributed by atoms with van der Waals surface area (Å²) in [6.45, 7) is 1.99. The van der Waals surface area contributed by atoms with Crippen LogP contribution >= 0.6 is 11.3 Å². The van der Waals surface area contributed by atoms with Gasteiger partial charge in [-0.15, -0.1) is 11.3 Å². The number of rotatable bonds is 5. The van der Waals surface area contributed by atoms with Crippen molar-refractivity contribution in [3.8, 4) is 17.1 Å². The van der Waals surface area contributed by atoms with Crippen LogP contribution in [0.3, 0.4) is 0 Å². The van der Waals surface area contributed by atoms with Crippen LogP contribution in [0.1, 0.15) is 17.9 Å². The molecule has 0 amide bonds. The van der Waals surface area contributed by atoms with Gasteiger partial charge in [0.25, 0.3) is 0 Å².